The van der Waals surface area contributed by atoms with Crippen molar-refractivity contribution in [3.8, 4) is 0 Å². The van der Waals surface area contributed by atoms with E-state index < -0.39 is 0 Å². The van der Waals surface area contributed by atoms with Gasteiger partial charge in [-0.1, -0.05) is 6.92 Å². The summed E-state index contributed by atoms with van der Waals surface area (Å²) in [5, 5.41) is 2.87. The summed E-state index contributed by atoms with van der Waals surface area (Å²) in [6.45, 7) is 3.96. The quantitative estimate of drug-likeness (QED) is 0.696. The van der Waals surface area contributed by atoms with Crippen molar-refractivity contribution in [1.82, 2.24) is 5.32 Å². The van der Waals surface area contributed by atoms with Crippen LogP contribution in [0.2, 0.25) is 0 Å². The van der Waals surface area contributed by atoms with E-state index in [1.807, 2.05) is 6.92 Å². The predicted molar refractivity (Wildman–Crippen MR) is 51.8 cm³/mol. The molecule has 0 aliphatic carbocycles. The molecule has 2 atom stereocenters. The molecule has 1 aliphatic rings. The van der Waals surface area contributed by atoms with E-state index in [0.717, 1.165) is 6.42 Å². The lowest BCUT2D eigenvalue weighted by molar-refractivity contribution is -0.125. The zero-order valence-corrected chi connectivity index (χ0v) is 8.64. The molecule has 13 heavy (non-hydrogen) atoms. The van der Waals surface area contributed by atoms with Gasteiger partial charge in [-0.3, -0.25) is 4.79 Å². The molecule has 1 rings (SSSR count). The van der Waals surface area contributed by atoms with Gasteiger partial charge in [0, 0.05) is 19.0 Å². The van der Waals surface area contributed by atoms with Gasteiger partial charge in [-0.2, -0.15) is 0 Å². The van der Waals surface area contributed by atoms with Crippen LogP contribution >= 0.6 is 11.6 Å². The number of rotatable bonds is 4. The molecule has 0 spiro atoms. The average molecular weight is 206 g/mol. The molecule has 1 heterocycles. The molecule has 76 valence electrons. The van der Waals surface area contributed by atoms with Gasteiger partial charge in [0.25, 0.3) is 0 Å². The van der Waals surface area contributed by atoms with Crippen LogP contribution in [0.3, 0.4) is 0 Å². The summed E-state index contributed by atoms with van der Waals surface area (Å²) in [6, 6.07) is 0. The van der Waals surface area contributed by atoms with Crippen LogP contribution in [0.5, 0.6) is 0 Å². The third-order valence-electron chi connectivity index (χ3n) is 2.19. The summed E-state index contributed by atoms with van der Waals surface area (Å²) in [7, 11) is 0. The number of hydrogen-bond donors (Lipinski definition) is 1. The number of alkyl halides is 1. The van der Waals surface area contributed by atoms with E-state index in [2.05, 4.69) is 5.32 Å². The maximum Gasteiger partial charge on any atom is 0.225 e. The summed E-state index contributed by atoms with van der Waals surface area (Å²) < 4.78 is 5.12. The Hall–Kier alpha value is -0.280. The lowest BCUT2D eigenvalue weighted by Gasteiger charge is -2.11. The zero-order chi connectivity index (χ0) is 9.68. The third-order valence-corrected chi connectivity index (χ3v) is 2.72. The van der Waals surface area contributed by atoms with Crippen LogP contribution < -0.4 is 5.32 Å². The fourth-order valence-electron chi connectivity index (χ4n) is 1.22. The molecule has 0 aromatic heterocycles. The molecule has 1 saturated heterocycles. The van der Waals surface area contributed by atoms with Crippen molar-refractivity contribution in [3.63, 3.8) is 0 Å². The third kappa shape index (κ3) is 3.53. The predicted octanol–water partition coefficient (Wildman–Crippen LogP) is 1.01. The first kappa shape index (κ1) is 10.8. The Morgan fingerprint density at radius 1 is 1.77 bits per heavy atom. The van der Waals surface area contributed by atoms with Gasteiger partial charge in [-0.15, -0.1) is 11.6 Å². The highest BCUT2D eigenvalue weighted by molar-refractivity contribution is 6.18. The van der Waals surface area contributed by atoms with Crippen LogP contribution in [0.15, 0.2) is 0 Å². The Morgan fingerprint density at radius 2 is 2.54 bits per heavy atom. The second-order valence-electron chi connectivity index (χ2n) is 3.57. The molecule has 0 radical (unpaired) electrons. The Morgan fingerprint density at radius 3 is 3.08 bits per heavy atom. The topological polar surface area (TPSA) is 38.3 Å². The molecule has 0 bridgehead atoms. The van der Waals surface area contributed by atoms with Gasteiger partial charge in [0.1, 0.15) is 0 Å². The van der Waals surface area contributed by atoms with E-state index in [1.54, 1.807) is 0 Å². The molecule has 1 fully saturated rings. The van der Waals surface area contributed by atoms with Gasteiger partial charge < -0.3 is 10.1 Å². The number of carbonyl (C=O) groups is 1. The molecule has 3 nitrogen and oxygen atoms in total. The number of hydrogen-bond acceptors (Lipinski definition) is 2. The second kappa shape index (κ2) is 5.45. The number of carbonyl (C=O) groups excluding carboxylic acids is 1. The van der Waals surface area contributed by atoms with Crippen LogP contribution in [0.4, 0.5) is 0 Å². The molecule has 1 amide bonds. The van der Waals surface area contributed by atoms with Gasteiger partial charge in [0.15, 0.2) is 0 Å². The van der Waals surface area contributed by atoms with Crippen LogP contribution in [0.1, 0.15) is 13.3 Å². The minimum atomic E-state index is 0.0579. The largest absolute Gasteiger partial charge is 0.381 e. The average Bonchev–Trinajstić information content (AvgIpc) is 2.66. The highest BCUT2D eigenvalue weighted by Gasteiger charge is 2.23. The van der Waals surface area contributed by atoms with E-state index >= 15 is 0 Å². The van der Waals surface area contributed by atoms with Crippen LogP contribution in [0, 0.1) is 11.8 Å². The van der Waals surface area contributed by atoms with Gasteiger partial charge >= 0.3 is 0 Å². The maximum atomic E-state index is 11.4. The summed E-state index contributed by atoms with van der Waals surface area (Å²) in [6.07, 6.45) is 0.848. The highest BCUT2D eigenvalue weighted by Crippen LogP contribution is 2.12. The molecular formula is C9H16ClNO2. The van der Waals surface area contributed by atoms with Gasteiger partial charge in [-0.25, -0.2) is 0 Å². The first-order valence-corrected chi connectivity index (χ1v) is 5.19. The van der Waals surface area contributed by atoms with E-state index in [4.69, 9.17) is 16.3 Å². The summed E-state index contributed by atoms with van der Waals surface area (Å²) in [5.74, 6) is 1.09. The number of nitrogens with one attached hydrogen (secondary N) is 1. The normalized spacial score (nSPS) is 24.3. The fourth-order valence-corrected chi connectivity index (χ4v) is 1.32. The number of halogens is 1. The van der Waals surface area contributed by atoms with Crippen molar-refractivity contribution in [2.24, 2.45) is 11.8 Å². The molecule has 1 aliphatic heterocycles. The maximum absolute atomic E-state index is 11.4. The van der Waals surface area contributed by atoms with Crippen LogP contribution in [-0.4, -0.2) is 31.5 Å². The van der Waals surface area contributed by atoms with Gasteiger partial charge in [0.2, 0.25) is 5.91 Å². The summed E-state index contributed by atoms with van der Waals surface area (Å²) in [4.78, 5) is 11.4. The SMILES string of the molecule is CC(CCl)CNC(=O)C1CCOC1. The Kier molecular flexibility index (Phi) is 4.53. The van der Waals surface area contributed by atoms with Gasteiger partial charge in [0.05, 0.1) is 12.5 Å². The molecular weight excluding hydrogens is 190 g/mol. The molecule has 0 saturated carbocycles. The Bertz CT molecular complexity index is 169. The lowest BCUT2D eigenvalue weighted by atomic mass is 10.1. The Balaban J connectivity index is 2.16. The lowest BCUT2D eigenvalue weighted by Crippen LogP contribution is -2.34. The number of amides is 1. The molecule has 0 aromatic rings. The van der Waals surface area contributed by atoms with Crippen molar-refractivity contribution in [2.75, 3.05) is 25.6 Å². The first-order valence-electron chi connectivity index (χ1n) is 4.65. The van der Waals surface area contributed by atoms with Crippen molar-refractivity contribution >= 4 is 17.5 Å². The van der Waals surface area contributed by atoms with Gasteiger partial charge in [-0.05, 0) is 12.3 Å². The van der Waals surface area contributed by atoms with Crippen LogP contribution in [-0.2, 0) is 9.53 Å². The van der Waals surface area contributed by atoms with Crippen molar-refractivity contribution < 1.29 is 9.53 Å². The van der Waals surface area contributed by atoms with Crippen molar-refractivity contribution in [2.45, 2.75) is 13.3 Å². The monoisotopic (exact) mass is 205 g/mol. The fraction of sp³-hybridized carbons (Fsp3) is 0.889. The summed E-state index contributed by atoms with van der Waals surface area (Å²) >= 11 is 5.62. The van der Waals surface area contributed by atoms with Crippen molar-refractivity contribution in [1.29, 1.82) is 0 Å². The van der Waals surface area contributed by atoms with E-state index in [-0.39, 0.29) is 11.8 Å². The number of ether oxygens (including phenoxy) is 1. The van der Waals surface area contributed by atoms with E-state index in [1.165, 1.54) is 0 Å². The van der Waals surface area contributed by atoms with E-state index in [0.29, 0.717) is 31.6 Å². The second-order valence-corrected chi connectivity index (χ2v) is 3.87. The first-order chi connectivity index (χ1) is 6.24. The molecule has 2 unspecified atom stereocenters. The standard InChI is InChI=1S/C9H16ClNO2/c1-7(4-10)5-11-9(12)8-2-3-13-6-8/h7-8H,2-6H2,1H3,(H,11,12). The van der Waals surface area contributed by atoms with Crippen molar-refractivity contribution in [3.05, 3.63) is 0 Å². The minimum absolute atomic E-state index is 0.0579. The molecule has 1 N–H and O–H groups in total. The smallest absolute Gasteiger partial charge is 0.225 e. The Labute approximate surface area is 83.8 Å². The minimum Gasteiger partial charge on any atom is -0.381 e. The summed E-state index contributed by atoms with van der Waals surface area (Å²) in [5.41, 5.74) is 0. The highest BCUT2D eigenvalue weighted by atomic mass is 35.5. The molecule has 4 heteroatoms. The molecule has 0 aromatic carbocycles. The van der Waals surface area contributed by atoms with Crippen LogP contribution in [0.25, 0.3) is 0 Å². The van der Waals surface area contributed by atoms with E-state index in [9.17, 15) is 4.79 Å². The zero-order valence-electron chi connectivity index (χ0n) is 7.88.